The van der Waals surface area contributed by atoms with Crippen LogP contribution in [0.15, 0.2) is 47.6 Å². The number of rotatable bonds is 3. The van der Waals surface area contributed by atoms with E-state index in [-0.39, 0.29) is 11.7 Å². The fourth-order valence-electron chi connectivity index (χ4n) is 1.62. The zero-order valence-electron chi connectivity index (χ0n) is 10.7. The maximum Gasteiger partial charge on any atom is 0.255 e. The van der Waals surface area contributed by atoms with Gasteiger partial charge in [-0.25, -0.2) is 0 Å². The van der Waals surface area contributed by atoms with E-state index < -0.39 is 0 Å². The van der Waals surface area contributed by atoms with Crippen molar-refractivity contribution >= 4 is 51.6 Å². The Labute approximate surface area is 139 Å². The second kappa shape index (κ2) is 6.77. The standard InChI is InChI=1S/C14H11ClIN3O2/c15-11-7-9(3-6-12(11)16)14(20)18-10-4-1-8(2-5-10)13(17)19-21/h1-7,21H,(H2,17,19)(H,18,20). The average Bonchev–Trinajstić information content (AvgIpc) is 2.50. The molecule has 1 amide bonds. The molecule has 0 aliphatic carbocycles. The first-order valence-corrected chi connectivity index (χ1v) is 7.31. The van der Waals surface area contributed by atoms with Crippen molar-refractivity contribution in [1.29, 1.82) is 0 Å². The minimum Gasteiger partial charge on any atom is -0.409 e. The van der Waals surface area contributed by atoms with Gasteiger partial charge in [0.1, 0.15) is 0 Å². The minimum absolute atomic E-state index is 0.0114. The summed E-state index contributed by atoms with van der Waals surface area (Å²) < 4.78 is 0.883. The number of oxime groups is 1. The molecule has 0 aliphatic heterocycles. The predicted molar refractivity (Wildman–Crippen MR) is 91.1 cm³/mol. The molecule has 7 heteroatoms. The van der Waals surface area contributed by atoms with E-state index in [9.17, 15) is 4.79 Å². The first-order valence-electron chi connectivity index (χ1n) is 5.85. The quantitative estimate of drug-likeness (QED) is 0.236. The lowest BCUT2D eigenvalue weighted by Gasteiger charge is -2.07. The number of carbonyl (C=O) groups excluding carboxylic acids is 1. The molecule has 4 N–H and O–H groups in total. The lowest BCUT2D eigenvalue weighted by atomic mass is 10.1. The zero-order chi connectivity index (χ0) is 15.4. The molecule has 0 aromatic heterocycles. The monoisotopic (exact) mass is 415 g/mol. The van der Waals surface area contributed by atoms with Crippen LogP contribution in [-0.2, 0) is 0 Å². The molecular formula is C14H11ClIN3O2. The van der Waals surface area contributed by atoms with Crippen molar-refractivity contribution in [3.05, 3.63) is 62.2 Å². The smallest absolute Gasteiger partial charge is 0.255 e. The third-order valence-corrected chi connectivity index (χ3v) is 4.30. The average molecular weight is 416 g/mol. The number of benzene rings is 2. The summed E-state index contributed by atoms with van der Waals surface area (Å²) >= 11 is 8.09. The Bertz CT molecular complexity index is 702. The lowest BCUT2D eigenvalue weighted by Crippen LogP contribution is -2.14. The molecule has 0 unspecified atom stereocenters. The summed E-state index contributed by atoms with van der Waals surface area (Å²) in [6.45, 7) is 0. The summed E-state index contributed by atoms with van der Waals surface area (Å²) in [4.78, 5) is 12.1. The van der Waals surface area contributed by atoms with Gasteiger partial charge in [-0.2, -0.15) is 0 Å². The van der Waals surface area contributed by atoms with Crippen LogP contribution in [0, 0.1) is 3.57 Å². The van der Waals surface area contributed by atoms with E-state index in [4.69, 9.17) is 22.5 Å². The first kappa shape index (κ1) is 15.6. The Morgan fingerprint density at radius 1 is 1.19 bits per heavy atom. The van der Waals surface area contributed by atoms with Crippen molar-refractivity contribution in [1.82, 2.24) is 0 Å². The van der Waals surface area contributed by atoms with E-state index in [1.165, 1.54) is 0 Å². The number of carbonyl (C=O) groups is 1. The number of halogens is 2. The van der Waals surface area contributed by atoms with E-state index in [0.717, 1.165) is 3.57 Å². The highest BCUT2D eigenvalue weighted by atomic mass is 127. The number of amides is 1. The molecule has 0 heterocycles. The molecule has 0 radical (unpaired) electrons. The summed E-state index contributed by atoms with van der Waals surface area (Å²) in [6, 6.07) is 11.7. The normalized spacial score (nSPS) is 11.2. The summed E-state index contributed by atoms with van der Waals surface area (Å²) in [5.41, 5.74) is 7.10. The molecule has 5 nitrogen and oxygen atoms in total. The molecular weight excluding hydrogens is 405 g/mol. The lowest BCUT2D eigenvalue weighted by molar-refractivity contribution is 0.102. The van der Waals surface area contributed by atoms with Gasteiger partial charge in [0.15, 0.2) is 5.84 Å². The van der Waals surface area contributed by atoms with Crippen LogP contribution in [0.5, 0.6) is 0 Å². The van der Waals surface area contributed by atoms with E-state index in [1.807, 2.05) is 0 Å². The first-order chi connectivity index (χ1) is 10.0. The molecule has 2 rings (SSSR count). The Hall–Kier alpha value is -1.80. The number of amidine groups is 1. The second-order valence-corrected chi connectivity index (χ2v) is 5.71. The Kier molecular flexibility index (Phi) is 5.03. The molecule has 0 saturated heterocycles. The number of nitrogens with one attached hydrogen (secondary N) is 1. The molecule has 0 saturated carbocycles. The van der Waals surface area contributed by atoms with Crippen LogP contribution in [0.4, 0.5) is 5.69 Å². The van der Waals surface area contributed by atoms with Crippen molar-refractivity contribution < 1.29 is 10.0 Å². The Balaban J connectivity index is 2.14. The number of nitrogens with zero attached hydrogens (tertiary/aromatic N) is 1. The number of hydrogen-bond acceptors (Lipinski definition) is 3. The highest BCUT2D eigenvalue weighted by molar-refractivity contribution is 14.1. The van der Waals surface area contributed by atoms with Crippen LogP contribution in [-0.4, -0.2) is 17.0 Å². The summed E-state index contributed by atoms with van der Waals surface area (Å²) in [5, 5.41) is 14.8. The van der Waals surface area contributed by atoms with Crippen molar-refractivity contribution in [2.24, 2.45) is 10.9 Å². The molecule has 2 aromatic carbocycles. The van der Waals surface area contributed by atoms with Crippen molar-refractivity contribution in [2.45, 2.75) is 0 Å². The van der Waals surface area contributed by atoms with Crippen molar-refractivity contribution in [3.63, 3.8) is 0 Å². The maximum atomic E-state index is 12.1. The van der Waals surface area contributed by atoms with E-state index in [0.29, 0.717) is 21.8 Å². The molecule has 21 heavy (non-hydrogen) atoms. The number of hydrogen-bond donors (Lipinski definition) is 3. The topological polar surface area (TPSA) is 87.7 Å². The van der Waals surface area contributed by atoms with Crippen LogP contribution in [0.2, 0.25) is 5.02 Å². The van der Waals surface area contributed by atoms with Crippen molar-refractivity contribution in [3.8, 4) is 0 Å². The van der Waals surface area contributed by atoms with Gasteiger partial charge in [-0.15, -0.1) is 0 Å². The van der Waals surface area contributed by atoms with E-state index in [2.05, 4.69) is 33.1 Å². The van der Waals surface area contributed by atoms with E-state index in [1.54, 1.807) is 42.5 Å². The number of nitrogens with two attached hydrogens (primary N) is 1. The molecule has 0 spiro atoms. The summed E-state index contributed by atoms with van der Waals surface area (Å²) in [5.74, 6) is -0.248. The molecule has 0 aliphatic rings. The molecule has 0 bridgehead atoms. The van der Waals surface area contributed by atoms with Gasteiger partial charge in [-0.1, -0.05) is 16.8 Å². The van der Waals surface area contributed by atoms with Crippen LogP contribution >= 0.6 is 34.2 Å². The van der Waals surface area contributed by atoms with E-state index >= 15 is 0 Å². The number of anilines is 1. The Morgan fingerprint density at radius 3 is 2.38 bits per heavy atom. The van der Waals surface area contributed by atoms with Gasteiger partial charge in [-0.05, 0) is 65.1 Å². The fraction of sp³-hybridized carbons (Fsp3) is 0. The van der Waals surface area contributed by atoms with Crippen LogP contribution < -0.4 is 11.1 Å². The predicted octanol–water partition coefficient (Wildman–Crippen LogP) is 3.29. The molecule has 108 valence electrons. The third-order valence-electron chi connectivity index (χ3n) is 2.73. The van der Waals surface area contributed by atoms with Crippen LogP contribution in [0.25, 0.3) is 0 Å². The summed E-state index contributed by atoms with van der Waals surface area (Å²) in [6.07, 6.45) is 0. The zero-order valence-corrected chi connectivity index (χ0v) is 13.6. The van der Waals surface area contributed by atoms with Gasteiger partial charge >= 0.3 is 0 Å². The molecule has 0 fully saturated rings. The third kappa shape index (κ3) is 3.85. The highest BCUT2D eigenvalue weighted by Crippen LogP contribution is 2.20. The van der Waals surface area contributed by atoms with Crippen LogP contribution in [0.3, 0.4) is 0 Å². The SMILES string of the molecule is N/C(=N/O)c1ccc(NC(=O)c2ccc(I)c(Cl)c2)cc1. The summed E-state index contributed by atoms with van der Waals surface area (Å²) in [7, 11) is 0. The van der Waals surface area contributed by atoms with Crippen molar-refractivity contribution in [2.75, 3.05) is 5.32 Å². The maximum absolute atomic E-state index is 12.1. The minimum atomic E-state index is -0.259. The van der Waals surface area contributed by atoms with Gasteiger partial charge in [0.05, 0.1) is 5.02 Å². The molecule has 2 aromatic rings. The van der Waals surface area contributed by atoms with Gasteiger partial charge < -0.3 is 16.3 Å². The van der Waals surface area contributed by atoms with Gasteiger partial charge in [0.25, 0.3) is 5.91 Å². The van der Waals surface area contributed by atoms with Gasteiger partial charge in [0.2, 0.25) is 0 Å². The second-order valence-electron chi connectivity index (χ2n) is 4.15. The largest absolute Gasteiger partial charge is 0.409 e. The Morgan fingerprint density at radius 2 is 1.81 bits per heavy atom. The fourth-order valence-corrected chi connectivity index (χ4v) is 2.14. The molecule has 0 atom stereocenters. The highest BCUT2D eigenvalue weighted by Gasteiger charge is 2.08. The van der Waals surface area contributed by atoms with Gasteiger partial charge in [-0.3, -0.25) is 4.79 Å². The van der Waals surface area contributed by atoms with Crippen LogP contribution in [0.1, 0.15) is 15.9 Å². The van der Waals surface area contributed by atoms with Gasteiger partial charge in [0, 0.05) is 20.4 Å².